The predicted octanol–water partition coefficient (Wildman–Crippen LogP) is 4.20. The number of hydrogen-bond acceptors (Lipinski definition) is 8. The fourth-order valence-electron chi connectivity index (χ4n) is 4.48. The Morgan fingerprint density at radius 3 is 2.50 bits per heavy atom. The molecule has 4 rings (SSSR count). The molecular formula is C28H35N5O4S. The Morgan fingerprint density at radius 1 is 1.03 bits per heavy atom. The molecule has 1 saturated heterocycles. The van der Waals surface area contributed by atoms with Crippen molar-refractivity contribution < 1.29 is 19.1 Å². The molecule has 0 spiro atoms. The molecule has 2 amide bonds. The lowest BCUT2D eigenvalue weighted by Crippen LogP contribution is -2.47. The fraction of sp³-hybridized carbons (Fsp3) is 0.429. The van der Waals surface area contributed by atoms with Gasteiger partial charge in [-0.3, -0.25) is 9.59 Å². The first-order valence-electron chi connectivity index (χ1n) is 12.9. The van der Waals surface area contributed by atoms with E-state index in [-0.39, 0.29) is 24.4 Å². The zero-order chi connectivity index (χ0) is 27.1. The van der Waals surface area contributed by atoms with Crippen molar-refractivity contribution in [3.63, 3.8) is 0 Å². The quantitative estimate of drug-likeness (QED) is 0.404. The molecule has 0 saturated carbocycles. The topological polar surface area (TPSA) is 88.1 Å². The molecule has 202 valence electrons. The van der Waals surface area contributed by atoms with Crippen molar-refractivity contribution >= 4 is 29.0 Å². The summed E-state index contributed by atoms with van der Waals surface area (Å²) in [5.41, 5.74) is 1.62. The number of carbonyl (C=O) groups excluding carboxylic acids is 2. The number of methoxy groups -OCH3 is 2. The molecule has 1 aliphatic rings. The Labute approximate surface area is 228 Å². The van der Waals surface area contributed by atoms with Gasteiger partial charge in [-0.1, -0.05) is 13.0 Å². The van der Waals surface area contributed by atoms with Gasteiger partial charge in [0, 0.05) is 37.8 Å². The SMILES string of the molecule is CC[C@@H](C)N(CC(=O)N1CCCN(c2ccc(-c3ccc(OC)c(OC)c3)nn2)CC1)C(=O)c1cccs1. The van der Waals surface area contributed by atoms with Crippen LogP contribution in [0.2, 0.25) is 0 Å². The molecule has 38 heavy (non-hydrogen) atoms. The molecule has 0 unspecified atom stereocenters. The van der Waals surface area contributed by atoms with Crippen molar-refractivity contribution in [1.29, 1.82) is 0 Å². The average Bonchev–Trinajstić information content (AvgIpc) is 3.39. The summed E-state index contributed by atoms with van der Waals surface area (Å²) in [5, 5.41) is 10.8. The monoisotopic (exact) mass is 537 g/mol. The third-order valence-corrected chi connectivity index (χ3v) is 7.78. The van der Waals surface area contributed by atoms with Crippen LogP contribution in [-0.4, -0.2) is 84.8 Å². The van der Waals surface area contributed by atoms with Crippen molar-refractivity contribution in [1.82, 2.24) is 20.0 Å². The Kier molecular flexibility index (Phi) is 9.17. The summed E-state index contributed by atoms with van der Waals surface area (Å²) in [4.78, 5) is 32.7. The molecular weight excluding hydrogens is 502 g/mol. The first-order chi connectivity index (χ1) is 18.4. The number of aromatic nitrogens is 2. The largest absolute Gasteiger partial charge is 0.493 e. The van der Waals surface area contributed by atoms with E-state index in [4.69, 9.17) is 9.47 Å². The molecule has 0 radical (unpaired) electrons. The molecule has 1 fully saturated rings. The molecule has 1 aromatic carbocycles. The number of nitrogens with zero attached hydrogens (tertiary/aromatic N) is 5. The van der Waals surface area contributed by atoms with Crippen LogP contribution in [0.5, 0.6) is 11.5 Å². The van der Waals surface area contributed by atoms with E-state index < -0.39 is 0 Å². The maximum absolute atomic E-state index is 13.3. The number of amides is 2. The smallest absolute Gasteiger partial charge is 0.264 e. The third-order valence-electron chi connectivity index (χ3n) is 6.92. The van der Waals surface area contributed by atoms with E-state index in [1.807, 2.05) is 66.6 Å². The molecule has 2 aromatic heterocycles. The highest BCUT2D eigenvalue weighted by Gasteiger charge is 2.27. The van der Waals surface area contributed by atoms with Gasteiger partial charge in [-0.2, -0.15) is 0 Å². The van der Waals surface area contributed by atoms with Gasteiger partial charge in [0.05, 0.1) is 24.8 Å². The molecule has 1 aliphatic heterocycles. The van der Waals surface area contributed by atoms with Crippen LogP contribution in [0, 0.1) is 0 Å². The Morgan fingerprint density at radius 2 is 1.84 bits per heavy atom. The highest BCUT2D eigenvalue weighted by molar-refractivity contribution is 7.12. The standard InChI is InChI=1S/C28H35N5O4S/c1-5-20(2)33(28(35)25-8-6-17-38-25)19-27(34)32-14-7-13-31(15-16-32)26-12-10-22(29-30-26)21-9-11-23(36-3)24(18-21)37-4/h6,8-12,17-18,20H,5,7,13-16,19H2,1-4H3/t20-/m1/s1. The van der Waals surface area contributed by atoms with Crippen molar-refractivity contribution in [3.05, 3.63) is 52.7 Å². The number of rotatable bonds is 9. The average molecular weight is 538 g/mol. The Bertz CT molecular complexity index is 1220. The van der Waals surface area contributed by atoms with E-state index in [0.717, 1.165) is 36.5 Å². The minimum atomic E-state index is -0.0796. The van der Waals surface area contributed by atoms with Gasteiger partial charge in [0.2, 0.25) is 5.91 Å². The minimum Gasteiger partial charge on any atom is -0.493 e. The molecule has 0 N–H and O–H groups in total. The second kappa shape index (κ2) is 12.7. The number of ether oxygens (including phenoxy) is 2. The van der Waals surface area contributed by atoms with Gasteiger partial charge in [0.1, 0.15) is 6.54 Å². The molecule has 10 heteroatoms. The lowest BCUT2D eigenvalue weighted by Gasteiger charge is -2.30. The highest BCUT2D eigenvalue weighted by Crippen LogP contribution is 2.31. The zero-order valence-corrected chi connectivity index (χ0v) is 23.2. The number of carbonyl (C=O) groups is 2. The lowest BCUT2D eigenvalue weighted by atomic mass is 10.1. The van der Waals surface area contributed by atoms with Crippen LogP contribution < -0.4 is 14.4 Å². The van der Waals surface area contributed by atoms with E-state index in [0.29, 0.717) is 36.0 Å². The van der Waals surface area contributed by atoms with Crippen LogP contribution in [0.1, 0.15) is 36.4 Å². The summed E-state index contributed by atoms with van der Waals surface area (Å²) >= 11 is 1.41. The van der Waals surface area contributed by atoms with Crippen LogP contribution >= 0.6 is 11.3 Å². The van der Waals surface area contributed by atoms with E-state index >= 15 is 0 Å². The van der Waals surface area contributed by atoms with Gasteiger partial charge >= 0.3 is 0 Å². The van der Waals surface area contributed by atoms with E-state index in [9.17, 15) is 9.59 Å². The number of benzene rings is 1. The number of thiophene rings is 1. The summed E-state index contributed by atoms with van der Waals surface area (Å²) in [6.07, 6.45) is 1.60. The van der Waals surface area contributed by atoms with Crippen molar-refractivity contribution in [2.24, 2.45) is 0 Å². The van der Waals surface area contributed by atoms with Gasteiger partial charge in [0.15, 0.2) is 17.3 Å². The van der Waals surface area contributed by atoms with Crippen LogP contribution in [0.4, 0.5) is 5.82 Å². The number of anilines is 1. The van der Waals surface area contributed by atoms with Crippen LogP contribution in [0.15, 0.2) is 47.8 Å². The van der Waals surface area contributed by atoms with Crippen molar-refractivity contribution in [2.45, 2.75) is 32.7 Å². The molecule has 3 aromatic rings. The molecule has 1 atom stereocenters. The van der Waals surface area contributed by atoms with E-state index in [1.54, 1.807) is 19.1 Å². The molecule has 3 heterocycles. The van der Waals surface area contributed by atoms with Crippen molar-refractivity contribution in [2.75, 3.05) is 51.8 Å². The second-order valence-electron chi connectivity index (χ2n) is 9.24. The van der Waals surface area contributed by atoms with Gasteiger partial charge in [0.25, 0.3) is 5.91 Å². The summed E-state index contributed by atoms with van der Waals surface area (Å²) < 4.78 is 10.7. The maximum atomic E-state index is 13.3. The molecule has 0 aliphatic carbocycles. The fourth-order valence-corrected chi connectivity index (χ4v) is 5.15. The second-order valence-corrected chi connectivity index (χ2v) is 10.2. The van der Waals surface area contributed by atoms with Gasteiger partial charge in [-0.25, -0.2) is 0 Å². The highest BCUT2D eigenvalue weighted by atomic mass is 32.1. The van der Waals surface area contributed by atoms with Gasteiger partial charge in [-0.05, 0) is 61.5 Å². The Balaban J connectivity index is 1.39. The van der Waals surface area contributed by atoms with E-state index in [1.165, 1.54) is 11.3 Å². The van der Waals surface area contributed by atoms with Crippen molar-refractivity contribution in [3.8, 4) is 22.8 Å². The number of hydrogen-bond donors (Lipinski definition) is 0. The van der Waals surface area contributed by atoms with E-state index in [2.05, 4.69) is 15.1 Å². The summed E-state index contributed by atoms with van der Waals surface area (Å²) in [5.74, 6) is 1.97. The normalized spacial score (nSPS) is 14.5. The third kappa shape index (κ3) is 6.24. The predicted molar refractivity (Wildman–Crippen MR) is 149 cm³/mol. The summed E-state index contributed by atoms with van der Waals surface area (Å²) in [7, 11) is 3.21. The summed E-state index contributed by atoms with van der Waals surface area (Å²) in [6, 6.07) is 13.2. The minimum absolute atomic E-state index is 0.0171. The Hall–Kier alpha value is -3.66. The maximum Gasteiger partial charge on any atom is 0.264 e. The van der Waals surface area contributed by atoms with Crippen LogP contribution in [0.25, 0.3) is 11.3 Å². The first kappa shape index (κ1) is 27.4. The molecule has 0 bridgehead atoms. The zero-order valence-electron chi connectivity index (χ0n) is 22.4. The van der Waals surface area contributed by atoms with Gasteiger partial charge in [-0.15, -0.1) is 21.5 Å². The van der Waals surface area contributed by atoms with Gasteiger partial charge < -0.3 is 24.2 Å². The van der Waals surface area contributed by atoms with Crippen LogP contribution in [0.3, 0.4) is 0 Å². The first-order valence-corrected chi connectivity index (χ1v) is 13.8. The molecule has 9 nitrogen and oxygen atoms in total. The summed E-state index contributed by atoms with van der Waals surface area (Å²) in [6.45, 7) is 6.76. The lowest BCUT2D eigenvalue weighted by molar-refractivity contribution is -0.132. The van der Waals surface area contributed by atoms with Crippen LogP contribution in [-0.2, 0) is 4.79 Å².